The van der Waals surface area contributed by atoms with Crippen LogP contribution >= 0.6 is 0 Å². The van der Waals surface area contributed by atoms with Crippen molar-refractivity contribution in [2.45, 2.75) is 38.0 Å². The highest BCUT2D eigenvalue weighted by molar-refractivity contribution is 5.75. The van der Waals surface area contributed by atoms with Crippen LogP contribution in [0.1, 0.15) is 24.8 Å². The van der Waals surface area contributed by atoms with E-state index in [2.05, 4.69) is 5.32 Å². The van der Waals surface area contributed by atoms with Crippen molar-refractivity contribution in [2.75, 3.05) is 13.7 Å². The Morgan fingerprint density at radius 3 is 2.70 bits per heavy atom. The molecular weight excluding hydrogens is 256 g/mol. The number of nitrogens with two attached hydrogens (primary N) is 1. The molecule has 0 bridgehead atoms. The van der Waals surface area contributed by atoms with Crippen molar-refractivity contribution in [3.05, 3.63) is 29.8 Å². The van der Waals surface area contributed by atoms with E-state index in [0.717, 1.165) is 25.8 Å². The third-order valence-corrected chi connectivity index (χ3v) is 3.62. The van der Waals surface area contributed by atoms with Crippen molar-refractivity contribution in [1.29, 1.82) is 0 Å². The van der Waals surface area contributed by atoms with Crippen LogP contribution in [-0.2, 0) is 16.1 Å². The minimum atomic E-state index is -0.468. The second-order valence-electron chi connectivity index (χ2n) is 5.15. The fraction of sp³-hybridized carbons (Fsp3) is 0.533. The largest absolute Gasteiger partial charge is 0.484 e. The van der Waals surface area contributed by atoms with Gasteiger partial charge in [-0.15, -0.1) is 0 Å². The zero-order chi connectivity index (χ0) is 14.4. The van der Waals surface area contributed by atoms with Gasteiger partial charge in [0.25, 0.3) is 5.91 Å². The Balaban J connectivity index is 1.75. The van der Waals surface area contributed by atoms with Crippen molar-refractivity contribution in [1.82, 2.24) is 5.32 Å². The molecule has 20 heavy (non-hydrogen) atoms. The van der Waals surface area contributed by atoms with E-state index < -0.39 is 5.91 Å². The van der Waals surface area contributed by atoms with Crippen LogP contribution in [0.2, 0.25) is 0 Å². The van der Waals surface area contributed by atoms with Crippen LogP contribution < -0.4 is 15.8 Å². The predicted molar refractivity (Wildman–Crippen MR) is 76.4 cm³/mol. The summed E-state index contributed by atoms with van der Waals surface area (Å²) < 4.78 is 10.6. The monoisotopic (exact) mass is 278 g/mol. The Labute approximate surface area is 119 Å². The van der Waals surface area contributed by atoms with E-state index in [1.807, 2.05) is 24.3 Å². The number of benzene rings is 1. The van der Waals surface area contributed by atoms with Gasteiger partial charge in [-0.25, -0.2) is 0 Å². The van der Waals surface area contributed by atoms with Crippen LogP contribution in [0.5, 0.6) is 5.75 Å². The van der Waals surface area contributed by atoms with Crippen LogP contribution in [0.4, 0.5) is 0 Å². The lowest BCUT2D eigenvalue weighted by atomic mass is 10.2. The van der Waals surface area contributed by atoms with Crippen LogP contribution in [0.15, 0.2) is 24.3 Å². The number of nitrogens with one attached hydrogen (secondary N) is 1. The molecule has 2 unspecified atom stereocenters. The SMILES string of the molecule is COC1CCC(NCc2ccc(OCC(N)=O)cc2)C1. The summed E-state index contributed by atoms with van der Waals surface area (Å²) in [7, 11) is 1.78. The van der Waals surface area contributed by atoms with Crippen molar-refractivity contribution < 1.29 is 14.3 Å². The summed E-state index contributed by atoms with van der Waals surface area (Å²) in [6.45, 7) is 0.745. The highest BCUT2D eigenvalue weighted by Crippen LogP contribution is 2.22. The summed E-state index contributed by atoms with van der Waals surface area (Å²) in [5.41, 5.74) is 6.22. The first-order valence-electron chi connectivity index (χ1n) is 6.93. The van der Waals surface area contributed by atoms with Crippen molar-refractivity contribution >= 4 is 5.91 Å². The molecule has 110 valence electrons. The first-order chi connectivity index (χ1) is 9.67. The molecule has 0 spiro atoms. The van der Waals surface area contributed by atoms with Crippen molar-refractivity contribution in [3.63, 3.8) is 0 Å². The van der Waals surface area contributed by atoms with Crippen molar-refractivity contribution in [3.8, 4) is 5.75 Å². The van der Waals surface area contributed by atoms with Crippen LogP contribution in [0, 0.1) is 0 Å². The van der Waals surface area contributed by atoms with E-state index in [1.165, 1.54) is 5.56 Å². The zero-order valence-corrected chi connectivity index (χ0v) is 11.8. The van der Waals surface area contributed by atoms with Gasteiger partial charge in [-0.05, 0) is 37.0 Å². The van der Waals surface area contributed by atoms with E-state index >= 15 is 0 Å². The molecule has 5 nitrogen and oxygen atoms in total. The quantitative estimate of drug-likeness (QED) is 0.786. The Morgan fingerprint density at radius 2 is 2.10 bits per heavy atom. The average Bonchev–Trinajstić information content (AvgIpc) is 2.92. The molecule has 3 N–H and O–H groups in total. The molecule has 2 rings (SSSR count). The number of carbonyl (C=O) groups is 1. The molecule has 1 aromatic carbocycles. The third-order valence-electron chi connectivity index (χ3n) is 3.62. The lowest BCUT2D eigenvalue weighted by molar-refractivity contribution is -0.119. The first kappa shape index (κ1) is 14.8. The predicted octanol–water partition coefficient (Wildman–Crippen LogP) is 1.21. The van der Waals surface area contributed by atoms with E-state index in [9.17, 15) is 4.79 Å². The van der Waals surface area contributed by atoms with Crippen LogP contribution in [0.25, 0.3) is 0 Å². The summed E-state index contributed by atoms with van der Waals surface area (Å²) in [5, 5.41) is 3.54. The van der Waals surface area contributed by atoms with Gasteiger partial charge in [0.1, 0.15) is 5.75 Å². The molecule has 1 aliphatic rings. The summed E-state index contributed by atoms with van der Waals surface area (Å²) >= 11 is 0. The van der Waals surface area contributed by atoms with Gasteiger partial charge in [0.2, 0.25) is 0 Å². The van der Waals surface area contributed by atoms with Gasteiger partial charge >= 0.3 is 0 Å². The summed E-state index contributed by atoms with van der Waals surface area (Å²) in [5.74, 6) is 0.192. The molecule has 1 fully saturated rings. The Morgan fingerprint density at radius 1 is 1.35 bits per heavy atom. The van der Waals surface area contributed by atoms with Gasteiger partial charge in [0, 0.05) is 19.7 Å². The highest BCUT2D eigenvalue weighted by Gasteiger charge is 2.23. The highest BCUT2D eigenvalue weighted by atomic mass is 16.5. The summed E-state index contributed by atoms with van der Waals surface area (Å²) in [6.07, 6.45) is 3.78. The zero-order valence-electron chi connectivity index (χ0n) is 11.8. The fourth-order valence-corrected chi connectivity index (χ4v) is 2.46. The van der Waals surface area contributed by atoms with Gasteiger partial charge in [-0.2, -0.15) is 0 Å². The number of ether oxygens (including phenoxy) is 2. The molecule has 5 heteroatoms. The molecule has 1 aliphatic carbocycles. The molecule has 0 saturated heterocycles. The Kier molecular flexibility index (Phi) is 5.38. The normalized spacial score (nSPS) is 21.9. The van der Waals surface area contributed by atoms with Gasteiger partial charge in [-0.1, -0.05) is 12.1 Å². The average molecular weight is 278 g/mol. The Hall–Kier alpha value is -1.59. The van der Waals surface area contributed by atoms with Crippen LogP contribution in [0.3, 0.4) is 0 Å². The van der Waals surface area contributed by atoms with Gasteiger partial charge in [-0.3, -0.25) is 4.79 Å². The van der Waals surface area contributed by atoms with E-state index in [4.69, 9.17) is 15.2 Å². The number of methoxy groups -OCH3 is 1. The van der Waals surface area contributed by atoms with Gasteiger partial charge in [0.05, 0.1) is 6.10 Å². The molecule has 1 aromatic rings. The maximum Gasteiger partial charge on any atom is 0.255 e. The molecule has 2 atom stereocenters. The molecule has 0 aliphatic heterocycles. The number of amides is 1. The standard InChI is InChI=1S/C15H22N2O3/c1-19-14-7-4-12(8-14)17-9-11-2-5-13(6-3-11)20-10-15(16)18/h2-3,5-6,12,14,17H,4,7-10H2,1H3,(H2,16,18). The summed E-state index contributed by atoms with van der Waals surface area (Å²) in [4.78, 5) is 10.6. The number of hydrogen-bond donors (Lipinski definition) is 2. The molecule has 0 radical (unpaired) electrons. The topological polar surface area (TPSA) is 73.6 Å². The molecule has 1 amide bonds. The summed E-state index contributed by atoms with van der Waals surface area (Å²) in [6, 6.07) is 8.22. The number of hydrogen-bond acceptors (Lipinski definition) is 4. The molecule has 0 aromatic heterocycles. The molecule has 0 heterocycles. The van der Waals surface area contributed by atoms with Crippen molar-refractivity contribution in [2.24, 2.45) is 5.73 Å². The Bertz CT molecular complexity index is 433. The molecule has 1 saturated carbocycles. The van der Waals surface area contributed by atoms with E-state index in [0.29, 0.717) is 17.9 Å². The third kappa shape index (κ3) is 4.51. The first-order valence-corrected chi connectivity index (χ1v) is 6.93. The maximum absolute atomic E-state index is 10.6. The lowest BCUT2D eigenvalue weighted by Gasteiger charge is -2.13. The fourth-order valence-electron chi connectivity index (χ4n) is 2.46. The lowest BCUT2D eigenvalue weighted by Crippen LogP contribution is -2.26. The van der Waals surface area contributed by atoms with E-state index in [1.54, 1.807) is 7.11 Å². The van der Waals surface area contributed by atoms with Gasteiger partial charge in [0.15, 0.2) is 6.61 Å². The maximum atomic E-state index is 10.6. The smallest absolute Gasteiger partial charge is 0.255 e. The second-order valence-corrected chi connectivity index (χ2v) is 5.15. The minimum Gasteiger partial charge on any atom is -0.484 e. The van der Waals surface area contributed by atoms with Crippen LogP contribution in [-0.4, -0.2) is 31.8 Å². The number of rotatable bonds is 7. The number of carbonyl (C=O) groups excluding carboxylic acids is 1. The minimum absolute atomic E-state index is 0.0852. The number of primary amides is 1. The van der Waals surface area contributed by atoms with E-state index in [-0.39, 0.29) is 6.61 Å². The van der Waals surface area contributed by atoms with Gasteiger partial charge < -0.3 is 20.5 Å². The molecular formula is C15H22N2O3. The second kappa shape index (κ2) is 7.26.